The van der Waals surface area contributed by atoms with Crippen molar-refractivity contribution >= 4 is 12.0 Å². The number of aromatic nitrogens is 2. The van der Waals surface area contributed by atoms with Crippen molar-refractivity contribution in [1.82, 2.24) is 15.1 Å². The summed E-state index contributed by atoms with van der Waals surface area (Å²) < 4.78 is 11.4. The second-order valence-electron chi connectivity index (χ2n) is 6.92. The molecule has 1 amide bonds. The molecule has 2 aromatic carbocycles. The SMILES string of the molecule is COc1ccc(-[n+]2[nH]oc(=O)c2C(=O)N2CCN(/C=C/c3ccccc3)CC2)cc1. The number of ether oxygens (including phenoxy) is 1. The second kappa shape index (κ2) is 8.69. The molecular formula is C22H23N4O4+. The highest BCUT2D eigenvalue weighted by atomic mass is 16.5. The number of hydrogen-bond donors (Lipinski definition) is 1. The van der Waals surface area contributed by atoms with Gasteiger partial charge in [-0.25, -0.2) is 4.79 Å². The first kappa shape index (κ1) is 19.5. The van der Waals surface area contributed by atoms with Crippen molar-refractivity contribution in [1.29, 1.82) is 0 Å². The third kappa shape index (κ3) is 4.12. The number of carbonyl (C=O) groups is 1. The third-order valence-electron chi connectivity index (χ3n) is 5.06. The number of aromatic amines is 1. The molecule has 3 aromatic rings. The van der Waals surface area contributed by atoms with Crippen LogP contribution in [0, 0.1) is 0 Å². The van der Waals surface area contributed by atoms with Gasteiger partial charge in [0, 0.05) is 38.3 Å². The van der Waals surface area contributed by atoms with Gasteiger partial charge in [0.15, 0.2) is 0 Å². The lowest BCUT2D eigenvalue weighted by Gasteiger charge is -2.33. The fourth-order valence-electron chi connectivity index (χ4n) is 3.35. The minimum absolute atomic E-state index is 0.0477. The van der Waals surface area contributed by atoms with Gasteiger partial charge >= 0.3 is 17.2 Å². The van der Waals surface area contributed by atoms with Crippen molar-refractivity contribution in [2.45, 2.75) is 0 Å². The van der Waals surface area contributed by atoms with Crippen LogP contribution in [0.1, 0.15) is 16.1 Å². The Labute approximate surface area is 173 Å². The summed E-state index contributed by atoms with van der Waals surface area (Å²) in [5, 5.41) is 2.51. The highest BCUT2D eigenvalue weighted by Gasteiger charge is 2.35. The van der Waals surface area contributed by atoms with Crippen LogP contribution in [0.5, 0.6) is 5.75 Å². The van der Waals surface area contributed by atoms with E-state index in [9.17, 15) is 9.59 Å². The summed E-state index contributed by atoms with van der Waals surface area (Å²) in [6.45, 7) is 2.41. The van der Waals surface area contributed by atoms with E-state index in [0.29, 0.717) is 37.6 Å². The van der Waals surface area contributed by atoms with E-state index < -0.39 is 5.63 Å². The largest absolute Gasteiger partial charge is 0.497 e. The Balaban J connectivity index is 1.45. The molecule has 0 radical (unpaired) electrons. The summed E-state index contributed by atoms with van der Waals surface area (Å²) in [6, 6.07) is 17.0. The van der Waals surface area contributed by atoms with Gasteiger partial charge in [-0.05, 0) is 39.9 Å². The van der Waals surface area contributed by atoms with Gasteiger partial charge in [-0.15, -0.1) is 0 Å². The Morgan fingerprint density at radius 1 is 1.07 bits per heavy atom. The van der Waals surface area contributed by atoms with Gasteiger partial charge in [0.2, 0.25) is 5.69 Å². The Hall–Kier alpha value is -3.81. The Morgan fingerprint density at radius 3 is 2.43 bits per heavy atom. The molecule has 1 aromatic heterocycles. The lowest BCUT2D eigenvalue weighted by atomic mass is 10.2. The van der Waals surface area contributed by atoms with E-state index in [2.05, 4.69) is 16.2 Å². The van der Waals surface area contributed by atoms with Crippen LogP contribution in [0.25, 0.3) is 11.8 Å². The fraction of sp³-hybridized carbons (Fsp3) is 0.227. The molecule has 30 heavy (non-hydrogen) atoms. The van der Waals surface area contributed by atoms with Crippen LogP contribution in [-0.4, -0.2) is 54.3 Å². The van der Waals surface area contributed by atoms with Gasteiger partial charge < -0.3 is 14.5 Å². The zero-order valence-corrected chi connectivity index (χ0v) is 16.7. The number of carbonyl (C=O) groups excluding carboxylic acids is 1. The second-order valence-corrected chi connectivity index (χ2v) is 6.92. The molecule has 154 valence electrons. The van der Waals surface area contributed by atoms with Gasteiger partial charge in [-0.1, -0.05) is 30.3 Å². The van der Waals surface area contributed by atoms with Crippen LogP contribution in [0.15, 0.2) is 70.1 Å². The molecule has 0 aliphatic carbocycles. The molecule has 0 atom stereocenters. The molecule has 0 spiro atoms. The van der Waals surface area contributed by atoms with E-state index >= 15 is 0 Å². The Morgan fingerprint density at radius 2 is 1.77 bits per heavy atom. The van der Waals surface area contributed by atoms with Gasteiger partial charge in [0.25, 0.3) is 0 Å². The topological polar surface area (TPSA) is 82.7 Å². The molecule has 0 saturated carbocycles. The monoisotopic (exact) mass is 407 g/mol. The van der Waals surface area contributed by atoms with Crippen LogP contribution >= 0.6 is 0 Å². The van der Waals surface area contributed by atoms with Crippen molar-refractivity contribution in [2.75, 3.05) is 33.3 Å². The van der Waals surface area contributed by atoms with Gasteiger partial charge in [-0.2, -0.15) is 0 Å². The predicted molar refractivity (Wildman–Crippen MR) is 110 cm³/mol. The zero-order chi connectivity index (χ0) is 20.9. The molecule has 2 heterocycles. The van der Waals surface area contributed by atoms with E-state index in [1.54, 1.807) is 36.3 Å². The van der Waals surface area contributed by atoms with Gasteiger partial charge in [-0.3, -0.25) is 9.32 Å². The molecule has 0 bridgehead atoms. The normalized spacial score (nSPS) is 14.3. The van der Waals surface area contributed by atoms with E-state index in [1.807, 2.05) is 36.5 Å². The molecule has 8 nitrogen and oxygen atoms in total. The molecular weight excluding hydrogens is 384 g/mol. The first-order valence-electron chi connectivity index (χ1n) is 9.70. The summed E-state index contributed by atoms with van der Waals surface area (Å²) >= 11 is 0. The zero-order valence-electron chi connectivity index (χ0n) is 16.7. The van der Waals surface area contributed by atoms with Crippen molar-refractivity contribution in [3.05, 3.63) is 82.5 Å². The summed E-state index contributed by atoms with van der Waals surface area (Å²) in [4.78, 5) is 29.1. The third-order valence-corrected chi connectivity index (χ3v) is 5.06. The number of nitrogens with one attached hydrogen (secondary N) is 1. The standard InChI is InChI=1S/C22H22N4O4/c1-29-19-9-7-18(8-10-19)26-20(22(28)30-23-26)21(27)25-15-13-24(14-16-25)12-11-17-5-3-2-4-6-17/h2-12H,13-16H2,1H3/p+1/b12-11+. The van der Waals surface area contributed by atoms with Crippen LogP contribution in [0.3, 0.4) is 0 Å². The molecule has 8 heteroatoms. The van der Waals surface area contributed by atoms with E-state index in [4.69, 9.17) is 9.26 Å². The summed E-state index contributed by atoms with van der Waals surface area (Å²) in [5.41, 5.74) is 0.992. The molecule has 4 rings (SSSR count). The summed E-state index contributed by atoms with van der Waals surface area (Å²) in [7, 11) is 1.57. The lowest BCUT2D eigenvalue weighted by molar-refractivity contribution is -0.672. The smallest absolute Gasteiger partial charge is 0.441 e. The Kier molecular flexibility index (Phi) is 5.65. The fourth-order valence-corrected chi connectivity index (χ4v) is 3.35. The van der Waals surface area contributed by atoms with E-state index in [-0.39, 0.29) is 11.6 Å². The lowest BCUT2D eigenvalue weighted by Crippen LogP contribution is -2.51. The maximum absolute atomic E-state index is 13.0. The average molecular weight is 407 g/mol. The molecule has 0 unspecified atom stereocenters. The quantitative estimate of drug-likeness (QED) is 0.651. The summed E-state index contributed by atoms with van der Waals surface area (Å²) in [5.74, 6) is 0.324. The highest BCUT2D eigenvalue weighted by molar-refractivity contribution is 5.90. The number of nitrogens with zero attached hydrogens (tertiary/aromatic N) is 3. The predicted octanol–water partition coefficient (Wildman–Crippen LogP) is 1.68. The minimum atomic E-state index is -0.692. The molecule has 1 aliphatic heterocycles. The van der Waals surface area contributed by atoms with E-state index in [0.717, 1.165) is 5.56 Å². The average Bonchev–Trinajstić information content (AvgIpc) is 3.19. The molecule has 1 fully saturated rings. The van der Waals surface area contributed by atoms with Crippen LogP contribution in [-0.2, 0) is 0 Å². The van der Waals surface area contributed by atoms with Crippen molar-refractivity contribution < 1.29 is 18.7 Å². The Bertz CT molecular complexity index is 1080. The van der Waals surface area contributed by atoms with Gasteiger partial charge in [0.05, 0.1) is 7.11 Å². The first-order chi connectivity index (χ1) is 14.7. The van der Waals surface area contributed by atoms with Crippen molar-refractivity contribution in [2.24, 2.45) is 0 Å². The number of benzene rings is 2. The first-order valence-corrected chi connectivity index (χ1v) is 9.70. The van der Waals surface area contributed by atoms with Crippen molar-refractivity contribution in [3.63, 3.8) is 0 Å². The van der Waals surface area contributed by atoms with Gasteiger partial charge in [0.1, 0.15) is 5.75 Å². The van der Waals surface area contributed by atoms with Crippen LogP contribution < -0.4 is 15.0 Å². The van der Waals surface area contributed by atoms with Crippen molar-refractivity contribution in [3.8, 4) is 11.4 Å². The van der Waals surface area contributed by atoms with Crippen LogP contribution in [0.2, 0.25) is 0 Å². The maximum Gasteiger partial charge on any atom is 0.441 e. The number of rotatable bonds is 5. The number of piperazine rings is 1. The number of methoxy groups -OCH3 is 1. The molecule has 1 saturated heterocycles. The van der Waals surface area contributed by atoms with E-state index in [1.165, 1.54) is 4.68 Å². The minimum Gasteiger partial charge on any atom is -0.497 e. The number of H-pyrrole nitrogens is 1. The maximum atomic E-state index is 13.0. The van der Waals surface area contributed by atoms with Crippen LogP contribution in [0.4, 0.5) is 0 Å². The molecule has 1 aliphatic rings. The number of amides is 1. The molecule has 1 N–H and O–H groups in total. The number of hydrogen-bond acceptors (Lipinski definition) is 5. The highest BCUT2D eigenvalue weighted by Crippen LogP contribution is 2.12. The summed E-state index contributed by atoms with van der Waals surface area (Å²) in [6.07, 6.45) is 4.09.